The van der Waals surface area contributed by atoms with E-state index in [0.717, 1.165) is 0 Å². The standard InChI is InChI=1S/C14H22N2O3/c1-4-14(5-2,9-17)16-13(18)11-8-10(15)6-7-12(11)19-3/h6-8,17H,4-5,9,15H2,1-3H3,(H,16,18). The lowest BCUT2D eigenvalue weighted by Crippen LogP contribution is -2.50. The lowest BCUT2D eigenvalue weighted by atomic mass is 9.93. The number of nitrogens with two attached hydrogens (primary N) is 1. The van der Waals surface area contributed by atoms with Crippen molar-refractivity contribution in [2.45, 2.75) is 32.2 Å². The average molecular weight is 266 g/mol. The molecule has 1 amide bonds. The number of ether oxygens (including phenoxy) is 1. The number of benzene rings is 1. The molecule has 0 atom stereocenters. The third kappa shape index (κ3) is 3.38. The van der Waals surface area contributed by atoms with E-state index in [1.165, 1.54) is 7.11 Å². The molecule has 0 unspecified atom stereocenters. The highest BCUT2D eigenvalue weighted by atomic mass is 16.5. The molecule has 0 fully saturated rings. The van der Waals surface area contributed by atoms with Crippen LogP contribution in [0.25, 0.3) is 0 Å². The number of nitrogens with one attached hydrogen (secondary N) is 1. The van der Waals surface area contributed by atoms with E-state index >= 15 is 0 Å². The second-order valence-corrected chi connectivity index (χ2v) is 4.56. The van der Waals surface area contributed by atoms with Gasteiger partial charge in [-0.1, -0.05) is 13.8 Å². The first kappa shape index (κ1) is 15.3. The van der Waals surface area contributed by atoms with Crippen LogP contribution in [0, 0.1) is 0 Å². The molecule has 0 radical (unpaired) electrons. The number of hydrogen-bond donors (Lipinski definition) is 3. The predicted molar refractivity (Wildman–Crippen MR) is 75.3 cm³/mol. The highest BCUT2D eigenvalue weighted by Crippen LogP contribution is 2.23. The molecule has 0 heterocycles. The fourth-order valence-corrected chi connectivity index (χ4v) is 1.90. The van der Waals surface area contributed by atoms with Crippen LogP contribution in [0.3, 0.4) is 0 Å². The van der Waals surface area contributed by atoms with Crippen molar-refractivity contribution < 1.29 is 14.6 Å². The summed E-state index contributed by atoms with van der Waals surface area (Å²) in [5.74, 6) is 0.174. The van der Waals surface area contributed by atoms with Gasteiger partial charge in [0.1, 0.15) is 5.75 Å². The van der Waals surface area contributed by atoms with Crippen LogP contribution in [0.5, 0.6) is 5.75 Å². The fraction of sp³-hybridized carbons (Fsp3) is 0.500. The predicted octanol–water partition coefficient (Wildman–Crippen LogP) is 1.56. The fourth-order valence-electron chi connectivity index (χ4n) is 1.90. The highest BCUT2D eigenvalue weighted by molar-refractivity contribution is 5.98. The Balaban J connectivity index is 3.03. The summed E-state index contributed by atoms with van der Waals surface area (Å²) in [6.45, 7) is 3.75. The molecule has 0 saturated heterocycles. The first-order valence-electron chi connectivity index (χ1n) is 6.38. The number of nitrogen functional groups attached to an aromatic ring is 1. The van der Waals surface area contributed by atoms with Crippen LogP contribution in [0.1, 0.15) is 37.0 Å². The maximum absolute atomic E-state index is 12.3. The SMILES string of the molecule is CCC(CC)(CO)NC(=O)c1cc(N)ccc1OC. The van der Waals surface area contributed by atoms with Gasteiger partial charge < -0.3 is 20.9 Å². The molecule has 1 rings (SSSR count). The van der Waals surface area contributed by atoms with Gasteiger partial charge in [0, 0.05) is 5.69 Å². The van der Waals surface area contributed by atoms with Crippen molar-refractivity contribution in [3.63, 3.8) is 0 Å². The molecule has 0 bridgehead atoms. The van der Waals surface area contributed by atoms with Crippen molar-refractivity contribution in [2.24, 2.45) is 0 Å². The Morgan fingerprint density at radius 1 is 1.42 bits per heavy atom. The summed E-state index contributed by atoms with van der Waals surface area (Å²) < 4.78 is 5.16. The summed E-state index contributed by atoms with van der Waals surface area (Å²) in [7, 11) is 1.50. The topological polar surface area (TPSA) is 84.6 Å². The summed E-state index contributed by atoms with van der Waals surface area (Å²) in [4.78, 5) is 12.3. The van der Waals surface area contributed by atoms with Gasteiger partial charge in [-0.05, 0) is 31.0 Å². The first-order valence-corrected chi connectivity index (χ1v) is 6.38. The zero-order valence-electron chi connectivity index (χ0n) is 11.7. The van der Waals surface area contributed by atoms with Gasteiger partial charge >= 0.3 is 0 Å². The van der Waals surface area contributed by atoms with E-state index < -0.39 is 5.54 Å². The van der Waals surface area contributed by atoms with E-state index in [9.17, 15) is 9.90 Å². The van der Waals surface area contributed by atoms with Crippen LogP contribution in [-0.2, 0) is 0 Å². The number of carbonyl (C=O) groups excluding carboxylic acids is 1. The summed E-state index contributed by atoms with van der Waals surface area (Å²) in [6, 6.07) is 4.90. The molecule has 106 valence electrons. The minimum atomic E-state index is -0.604. The Bertz CT molecular complexity index is 434. The van der Waals surface area contributed by atoms with Crippen LogP contribution >= 0.6 is 0 Å². The molecule has 4 N–H and O–H groups in total. The van der Waals surface area contributed by atoms with Crippen LogP contribution in [0.4, 0.5) is 5.69 Å². The number of aliphatic hydroxyl groups is 1. The van der Waals surface area contributed by atoms with Gasteiger partial charge in [-0.2, -0.15) is 0 Å². The summed E-state index contributed by atoms with van der Waals surface area (Å²) >= 11 is 0. The van der Waals surface area contributed by atoms with Gasteiger partial charge in [0.05, 0.1) is 24.8 Å². The minimum absolute atomic E-state index is 0.101. The summed E-state index contributed by atoms with van der Waals surface area (Å²) in [5, 5.41) is 12.4. The zero-order valence-corrected chi connectivity index (χ0v) is 11.7. The molecule has 0 saturated carbocycles. The molecule has 0 aromatic heterocycles. The number of hydrogen-bond acceptors (Lipinski definition) is 4. The molecular weight excluding hydrogens is 244 g/mol. The average Bonchev–Trinajstić information content (AvgIpc) is 2.44. The maximum Gasteiger partial charge on any atom is 0.255 e. The van der Waals surface area contributed by atoms with Gasteiger partial charge in [-0.25, -0.2) is 0 Å². The van der Waals surface area contributed by atoms with E-state index in [-0.39, 0.29) is 12.5 Å². The third-order valence-electron chi connectivity index (χ3n) is 3.50. The second-order valence-electron chi connectivity index (χ2n) is 4.56. The Kier molecular flexibility index (Phi) is 5.18. The summed E-state index contributed by atoms with van der Waals surface area (Å²) in [5.41, 5.74) is 5.96. The van der Waals surface area contributed by atoms with Crippen molar-refractivity contribution in [3.8, 4) is 5.75 Å². The van der Waals surface area contributed by atoms with Gasteiger partial charge in [0.25, 0.3) is 5.91 Å². The Morgan fingerprint density at radius 3 is 2.53 bits per heavy atom. The van der Waals surface area contributed by atoms with Gasteiger partial charge in [0.2, 0.25) is 0 Å². The number of carbonyl (C=O) groups is 1. The normalized spacial score (nSPS) is 11.2. The number of rotatable bonds is 6. The molecular formula is C14H22N2O3. The molecule has 0 spiro atoms. The van der Waals surface area contributed by atoms with Gasteiger partial charge in [0.15, 0.2) is 0 Å². The molecule has 0 aliphatic heterocycles. The van der Waals surface area contributed by atoms with E-state index in [0.29, 0.717) is 29.8 Å². The van der Waals surface area contributed by atoms with E-state index in [1.807, 2.05) is 13.8 Å². The molecule has 0 aliphatic carbocycles. The molecule has 0 aliphatic rings. The largest absolute Gasteiger partial charge is 0.496 e. The maximum atomic E-state index is 12.3. The Morgan fingerprint density at radius 2 is 2.05 bits per heavy atom. The Hall–Kier alpha value is -1.75. The van der Waals surface area contributed by atoms with Crippen LogP contribution in [-0.4, -0.2) is 30.3 Å². The minimum Gasteiger partial charge on any atom is -0.496 e. The van der Waals surface area contributed by atoms with Gasteiger partial charge in [-0.15, -0.1) is 0 Å². The molecule has 1 aromatic rings. The summed E-state index contributed by atoms with van der Waals surface area (Å²) in [6.07, 6.45) is 1.30. The number of amides is 1. The van der Waals surface area contributed by atoms with Crippen LogP contribution in [0.15, 0.2) is 18.2 Å². The highest BCUT2D eigenvalue weighted by Gasteiger charge is 2.28. The number of aliphatic hydroxyl groups excluding tert-OH is 1. The number of methoxy groups -OCH3 is 1. The van der Waals surface area contributed by atoms with Gasteiger partial charge in [-0.3, -0.25) is 4.79 Å². The van der Waals surface area contributed by atoms with Crippen LogP contribution < -0.4 is 15.8 Å². The van der Waals surface area contributed by atoms with Crippen molar-refractivity contribution in [1.29, 1.82) is 0 Å². The molecule has 5 heteroatoms. The van der Waals surface area contributed by atoms with Crippen molar-refractivity contribution in [1.82, 2.24) is 5.32 Å². The monoisotopic (exact) mass is 266 g/mol. The van der Waals surface area contributed by atoms with Crippen molar-refractivity contribution >= 4 is 11.6 Å². The van der Waals surface area contributed by atoms with Crippen LogP contribution in [0.2, 0.25) is 0 Å². The Labute approximate surface area is 113 Å². The lowest BCUT2D eigenvalue weighted by Gasteiger charge is -2.31. The van der Waals surface area contributed by atoms with Crippen molar-refractivity contribution in [2.75, 3.05) is 19.5 Å². The second kappa shape index (κ2) is 6.43. The molecule has 19 heavy (non-hydrogen) atoms. The third-order valence-corrected chi connectivity index (χ3v) is 3.50. The molecule has 5 nitrogen and oxygen atoms in total. The molecule has 1 aromatic carbocycles. The van der Waals surface area contributed by atoms with E-state index in [2.05, 4.69) is 5.32 Å². The number of anilines is 1. The lowest BCUT2D eigenvalue weighted by molar-refractivity contribution is 0.0815. The van der Waals surface area contributed by atoms with E-state index in [4.69, 9.17) is 10.5 Å². The zero-order chi connectivity index (χ0) is 14.5. The van der Waals surface area contributed by atoms with E-state index in [1.54, 1.807) is 18.2 Å². The first-order chi connectivity index (χ1) is 9.01. The smallest absolute Gasteiger partial charge is 0.255 e. The van der Waals surface area contributed by atoms with Crippen molar-refractivity contribution in [3.05, 3.63) is 23.8 Å². The quantitative estimate of drug-likeness (QED) is 0.682.